The van der Waals surface area contributed by atoms with Gasteiger partial charge in [-0.15, -0.1) is 0 Å². The second-order valence-electron chi connectivity index (χ2n) is 11.4. The Labute approximate surface area is 249 Å². The van der Waals surface area contributed by atoms with Crippen molar-refractivity contribution in [3.63, 3.8) is 0 Å². The fourth-order valence-corrected chi connectivity index (χ4v) is 7.05. The fourth-order valence-electron chi connectivity index (χ4n) is 7.05. The Kier molecular flexibility index (Phi) is 5.32. The van der Waals surface area contributed by atoms with Gasteiger partial charge in [0.1, 0.15) is 0 Å². The van der Waals surface area contributed by atoms with Crippen LogP contribution in [0.2, 0.25) is 0 Å². The van der Waals surface area contributed by atoms with E-state index in [4.69, 9.17) is 0 Å². The smallest absolute Gasteiger partial charge is 0.0561 e. The number of aryl methyl sites for hydroxylation is 1. The number of hydrogen-bond donors (Lipinski definition) is 1. The zero-order valence-corrected chi connectivity index (χ0v) is 23.7. The maximum Gasteiger partial charge on any atom is 0.0561 e. The lowest BCUT2D eigenvalue weighted by Crippen LogP contribution is -2.01. The zero-order valence-electron chi connectivity index (χ0n) is 23.7. The molecular weight excluding hydrogens is 522 g/mol. The monoisotopic (exact) mass is 551 g/mol. The van der Waals surface area contributed by atoms with E-state index in [-0.39, 0.29) is 0 Å². The third kappa shape index (κ3) is 3.75. The predicted molar refractivity (Wildman–Crippen MR) is 182 cm³/mol. The van der Waals surface area contributed by atoms with Crippen molar-refractivity contribution in [2.24, 2.45) is 0 Å². The van der Waals surface area contributed by atoms with E-state index in [0.29, 0.717) is 0 Å². The Morgan fingerprint density at radius 2 is 1.19 bits per heavy atom. The highest BCUT2D eigenvalue weighted by Crippen LogP contribution is 2.38. The maximum absolute atomic E-state index is 3.76. The molecule has 0 saturated carbocycles. The summed E-state index contributed by atoms with van der Waals surface area (Å²) in [6, 6.07) is 48.2. The number of benzene rings is 6. The molecule has 0 unspecified atom stereocenters. The van der Waals surface area contributed by atoms with Crippen LogP contribution >= 0.6 is 0 Å². The number of anilines is 2. The van der Waals surface area contributed by atoms with Gasteiger partial charge in [0, 0.05) is 44.3 Å². The SMILES string of the molecule is C1=Cc2c(c3ccc(Nc4ccc5c6ccccc6n(-c6ccccc6)c5c4)cc3n2-c2cccc3ccccc23)CC1. The molecule has 2 aromatic heterocycles. The van der Waals surface area contributed by atoms with Gasteiger partial charge in [-0.2, -0.15) is 0 Å². The van der Waals surface area contributed by atoms with Crippen LogP contribution in [0, 0.1) is 0 Å². The summed E-state index contributed by atoms with van der Waals surface area (Å²) in [5.74, 6) is 0. The molecule has 1 N–H and O–H groups in total. The van der Waals surface area contributed by atoms with Crippen molar-refractivity contribution in [2.75, 3.05) is 5.32 Å². The number of hydrogen-bond acceptors (Lipinski definition) is 1. The fraction of sp³-hybridized carbons (Fsp3) is 0.0500. The summed E-state index contributed by atoms with van der Waals surface area (Å²) in [6.07, 6.45) is 6.76. The standard InChI is InChI=1S/C40H29N3/c1-2-13-30(14-3-1)42-37-18-8-6-16-32(37)34-23-21-28(25-39(34)42)41-29-22-24-35-33-17-7-9-19-38(33)43(40(35)26-29)36-20-10-12-27-11-4-5-15-31(27)36/h1-6,8-16,18-26,41H,7,17H2. The third-order valence-corrected chi connectivity index (χ3v) is 8.93. The summed E-state index contributed by atoms with van der Waals surface area (Å²) in [7, 11) is 0. The molecule has 204 valence electrons. The molecule has 8 aromatic rings. The van der Waals surface area contributed by atoms with Crippen molar-refractivity contribution in [1.29, 1.82) is 0 Å². The molecule has 3 nitrogen and oxygen atoms in total. The van der Waals surface area contributed by atoms with Crippen LogP contribution in [0.25, 0.3) is 60.9 Å². The number of fused-ring (bicyclic) bond motifs is 7. The summed E-state index contributed by atoms with van der Waals surface area (Å²) in [5, 5.41) is 10.1. The first-order valence-corrected chi connectivity index (χ1v) is 15.0. The molecule has 0 aliphatic heterocycles. The lowest BCUT2D eigenvalue weighted by Gasteiger charge is -2.15. The normalized spacial score (nSPS) is 12.8. The van der Waals surface area contributed by atoms with Crippen LogP contribution in [0.15, 0.2) is 140 Å². The van der Waals surface area contributed by atoms with Crippen LogP contribution in [0.5, 0.6) is 0 Å². The highest BCUT2D eigenvalue weighted by atomic mass is 15.0. The molecule has 9 rings (SSSR count). The molecule has 0 atom stereocenters. The highest BCUT2D eigenvalue weighted by Gasteiger charge is 2.20. The first-order valence-electron chi connectivity index (χ1n) is 15.0. The number of para-hydroxylation sites is 2. The summed E-state index contributed by atoms with van der Waals surface area (Å²) in [6.45, 7) is 0. The minimum atomic E-state index is 1.06. The molecule has 6 aromatic carbocycles. The van der Waals surface area contributed by atoms with Crippen molar-refractivity contribution in [3.8, 4) is 11.4 Å². The predicted octanol–water partition coefficient (Wildman–Crippen LogP) is 10.6. The van der Waals surface area contributed by atoms with Crippen molar-refractivity contribution in [2.45, 2.75) is 12.8 Å². The van der Waals surface area contributed by atoms with E-state index in [1.807, 2.05) is 0 Å². The number of nitrogens with zero attached hydrogens (tertiary/aromatic N) is 2. The lowest BCUT2D eigenvalue weighted by molar-refractivity contribution is 0.970. The van der Waals surface area contributed by atoms with Crippen molar-refractivity contribution >= 4 is 60.9 Å². The molecule has 3 heteroatoms. The topological polar surface area (TPSA) is 21.9 Å². The average molecular weight is 552 g/mol. The average Bonchev–Trinajstić information content (AvgIpc) is 3.57. The van der Waals surface area contributed by atoms with E-state index in [1.165, 1.54) is 66.1 Å². The van der Waals surface area contributed by atoms with Crippen molar-refractivity contribution < 1.29 is 0 Å². The number of rotatable bonds is 4. The first kappa shape index (κ1) is 24.1. The summed E-state index contributed by atoms with van der Waals surface area (Å²) >= 11 is 0. The molecule has 1 aliphatic carbocycles. The molecule has 43 heavy (non-hydrogen) atoms. The first-order chi connectivity index (χ1) is 21.3. The Bertz CT molecular complexity index is 2360. The highest BCUT2D eigenvalue weighted by molar-refractivity contribution is 6.10. The molecule has 1 aliphatic rings. The van der Waals surface area contributed by atoms with Crippen molar-refractivity contribution in [3.05, 3.63) is 151 Å². The molecular formula is C40H29N3. The van der Waals surface area contributed by atoms with Crippen LogP contribution in [-0.2, 0) is 6.42 Å². The molecule has 2 heterocycles. The second kappa shape index (κ2) is 9.50. The van der Waals surface area contributed by atoms with Crippen LogP contribution < -0.4 is 5.32 Å². The Morgan fingerprint density at radius 3 is 2.05 bits per heavy atom. The maximum atomic E-state index is 3.76. The molecule has 0 spiro atoms. The zero-order chi connectivity index (χ0) is 28.3. The van der Waals surface area contributed by atoms with E-state index in [2.05, 4.69) is 160 Å². The van der Waals surface area contributed by atoms with Gasteiger partial charge in [-0.3, -0.25) is 0 Å². The Balaban J connectivity index is 1.21. The van der Waals surface area contributed by atoms with E-state index in [0.717, 1.165) is 24.2 Å². The van der Waals surface area contributed by atoms with Gasteiger partial charge >= 0.3 is 0 Å². The third-order valence-electron chi connectivity index (χ3n) is 8.93. The summed E-state index contributed by atoms with van der Waals surface area (Å²) in [4.78, 5) is 0. The Hall–Kier alpha value is -5.54. The van der Waals surface area contributed by atoms with Crippen LogP contribution in [0.3, 0.4) is 0 Å². The Morgan fingerprint density at radius 1 is 0.512 bits per heavy atom. The second-order valence-corrected chi connectivity index (χ2v) is 11.4. The van der Waals surface area contributed by atoms with Gasteiger partial charge in [0.25, 0.3) is 0 Å². The van der Waals surface area contributed by atoms with Gasteiger partial charge in [0.05, 0.1) is 22.2 Å². The molecule has 0 radical (unpaired) electrons. The summed E-state index contributed by atoms with van der Waals surface area (Å²) < 4.78 is 4.83. The number of aromatic nitrogens is 2. The number of allylic oxidation sites excluding steroid dienone is 1. The largest absolute Gasteiger partial charge is 0.355 e. The minimum absolute atomic E-state index is 1.06. The van der Waals surface area contributed by atoms with Gasteiger partial charge in [-0.1, -0.05) is 91.0 Å². The van der Waals surface area contributed by atoms with Gasteiger partial charge in [0.15, 0.2) is 0 Å². The van der Waals surface area contributed by atoms with E-state index in [9.17, 15) is 0 Å². The van der Waals surface area contributed by atoms with Gasteiger partial charge < -0.3 is 14.5 Å². The van der Waals surface area contributed by atoms with Crippen LogP contribution in [-0.4, -0.2) is 9.13 Å². The van der Waals surface area contributed by atoms with E-state index < -0.39 is 0 Å². The lowest BCUT2D eigenvalue weighted by atomic mass is 10.0. The molecule has 0 fully saturated rings. The minimum Gasteiger partial charge on any atom is -0.355 e. The van der Waals surface area contributed by atoms with Gasteiger partial charge in [0.2, 0.25) is 0 Å². The quantitative estimate of drug-likeness (QED) is 0.231. The van der Waals surface area contributed by atoms with E-state index in [1.54, 1.807) is 0 Å². The summed E-state index contributed by atoms with van der Waals surface area (Å²) in [5.41, 5.74) is 10.9. The van der Waals surface area contributed by atoms with Gasteiger partial charge in [-0.05, 0) is 78.4 Å². The van der Waals surface area contributed by atoms with Crippen LogP contribution in [0.1, 0.15) is 17.7 Å². The molecule has 0 amide bonds. The molecule has 0 saturated heterocycles. The van der Waals surface area contributed by atoms with Crippen LogP contribution in [0.4, 0.5) is 11.4 Å². The van der Waals surface area contributed by atoms with Gasteiger partial charge in [-0.25, -0.2) is 0 Å². The van der Waals surface area contributed by atoms with Crippen molar-refractivity contribution in [1.82, 2.24) is 9.13 Å². The molecule has 0 bridgehead atoms. The number of nitrogens with one attached hydrogen (secondary N) is 1. The van der Waals surface area contributed by atoms with E-state index >= 15 is 0 Å².